The van der Waals surface area contributed by atoms with Crippen LogP contribution in [-0.2, 0) is 42.2 Å². The molecule has 0 aliphatic heterocycles. The summed E-state index contributed by atoms with van der Waals surface area (Å²) in [5, 5.41) is 10.1. The molecule has 0 spiro atoms. The normalized spacial score (nSPS) is 14.1. The molecule has 0 aliphatic rings. The average Bonchev–Trinajstić information content (AvgIpc) is 3.24. The first kappa shape index (κ1) is 59.1. The minimum Gasteiger partial charge on any atom is -0.756 e. The maximum atomic E-state index is 12.7. The van der Waals surface area contributed by atoms with Gasteiger partial charge < -0.3 is 44.7 Å². The third-order valence-corrected chi connectivity index (χ3v) is 11.6. The first-order valence-corrected chi connectivity index (χ1v) is 26.0. The van der Waals surface area contributed by atoms with Crippen LogP contribution in [0.5, 0.6) is 0 Å². The molecule has 0 aromatic heterocycles. The fourth-order valence-electron chi connectivity index (χ4n) is 6.80. The van der Waals surface area contributed by atoms with Crippen LogP contribution in [0.1, 0.15) is 219 Å². The van der Waals surface area contributed by atoms with Crippen molar-refractivity contribution in [3.63, 3.8) is 0 Å². The van der Waals surface area contributed by atoms with Gasteiger partial charge in [0.15, 0.2) is 6.10 Å². The summed E-state index contributed by atoms with van der Waals surface area (Å²) in [5.41, 5.74) is 9.54. The Kier molecular flexibility index (Phi) is 42.1. The molecule has 13 nitrogen and oxygen atoms in total. The molecule has 0 heterocycles. The van der Waals surface area contributed by atoms with Crippen molar-refractivity contribution >= 4 is 25.7 Å². The number of aliphatic hydroxyl groups excluding tert-OH is 1. The van der Waals surface area contributed by atoms with Crippen LogP contribution >= 0.6 is 7.82 Å². The molecule has 0 amide bonds. The van der Waals surface area contributed by atoms with E-state index in [1.165, 1.54) is 116 Å². The second kappa shape index (κ2) is 43.4. The number of esters is 3. The molecular formula is C47H91N2O11P. The lowest BCUT2D eigenvalue weighted by Gasteiger charge is -2.26. The van der Waals surface area contributed by atoms with E-state index in [1.54, 1.807) is 0 Å². The van der Waals surface area contributed by atoms with Crippen molar-refractivity contribution < 1.29 is 57.9 Å². The highest BCUT2D eigenvalue weighted by Gasteiger charge is 2.23. The average molecular weight is 891 g/mol. The minimum absolute atomic E-state index is 0.147. The number of unbranched alkanes of at least 4 members (excludes halogenated alkanes) is 25. The summed E-state index contributed by atoms with van der Waals surface area (Å²) in [7, 11) is -4.99. The molecule has 0 aliphatic carbocycles. The van der Waals surface area contributed by atoms with Gasteiger partial charge in [-0.25, -0.2) is 0 Å². The van der Waals surface area contributed by atoms with Gasteiger partial charge in [-0.1, -0.05) is 161 Å². The number of nitrogens with two attached hydrogens (primary N) is 1. The summed E-state index contributed by atoms with van der Waals surface area (Å²) in [6.07, 6.45) is 35.7. The van der Waals surface area contributed by atoms with Crippen molar-refractivity contribution in [3.05, 3.63) is 12.2 Å². The summed E-state index contributed by atoms with van der Waals surface area (Å²) in [5.74, 6) is -1.71. The molecule has 0 fully saturated rings. The number of hydrogen-bond acceptors (Lipinski definition) is 12. The molecule has 4 atom stereocenters. The maximum Gasteiger partial charge on any atom is 0.322 e. The number of rotatable bonds is 46. The van der Waals surface area contributed by atoms with Crippen LogP contribution in [0.15, 0.2) is 12.2 Å². The van der Waals surface area contributed by atoms with Gasteiger partial charge in [0, 0.05) is 12.8 Å². The second-order valence-corrected chi connectivity index (χ2v) is 18.2. The van der Waals surface area contributed by atoms with Crippen molar-refractivity contribution in [3.8, 4) is 0 Å². The van der Waals surface area contributed by atoms with Crippen LogP contribution < -0.4 is 16.4 Å². The van der Waals surface area contributed by atoms with Crippen molar-refractivity contribution in [1.82, 2.24) is 0 Å². The van der Waals surface area contributed by atoms with Crippen LogP contribution in [0.3, 0.4) is 0 Å². The minimum atomic E-state index is -4.99. The van der Waals surface area contributed by atoms with E-state index >= 15 is 0 Å². The summed E-state index contributed by atoms with van der Waals surface area (Å²) < 4.78 is 38.2. The Balaban J connectivity index is 4.64. The van der Waals surface area contributed by atoms with Crippen molar-refractivity contribution in [2.75, 3.05) is 33.0 Å². The predicted molar refractivity (Wildman–Crippen MR) is 241 cm³/mol. The molecule has 0 bridgehead atoms. The van der Waals surface area contributed by atoms with E-state index in [0.29, 0.717) is 25.7 Å². The van der Waals surface area contributed by atoms with Crippen molar-refractivity contribution in [2.45, 2.75) is 238 Å². The van der Waals surface area contributed by atoms with Gasteiger partial charge in [0.2, 0.25) is 0 Å². The Hall–Kier alpha value is -1.86. The number of phosphoric acid groups is 1. The fraction of sp³-hybridized carbons (Fsp3) is 0.894. The lowest BCUT2D eigenvalue weighted by atomic mass is 10.0. The first-order chi connectivity index (χ1) is 29.5. The van der Waals surface area contributed by atoms with Crippen LogP contribution in [0.4, 0.5) is 0 Å². The number of quaternary nitrogens is 1. The molecule has 0 saturated heterocycles. The Morgan fingerprint density at radius 1 is 0.590 bits per heavy atom. The van der Waals surface area contributed by atoms with Crippen LogP contribution in [0, 0.1) is 0 Å². The second-order valence-electron chi connectivity index (χ2n) is 16.8. The number of ether oxygens (including phenoxy) is 3. The highest BCUT2D eigenvalue weighted by molar-refractivity contribution is 7.45. The molecule has 0 rings (SSSR count). The summed E-state index contributed by atoms with van der Waals surface area (Å²) in [4.78, 5) is 49.9. The lowest BCUT2D eigenvalue weighted by Crippen LogP contribution is -2.50. The molecule has 360 valence electrons. The van der Waals surface area contributed by atoms with Gasteiger partial charge in [-0.15, -0.1) is 0 Å². The molecule has 0 aromatic rings. The van der Waals surface area contributed by atoms with Crippen molar-refractivity contribution in [2.24, 2.45) is 5.73 Å². The smallest absolute Gasteiger partial charge is 0.322 e. The van der Waals surface area contributed by atoms with Crippen LogP contribution in [0.2, 0.25) is 0 Å². The Morgan fingerprint density at radius 3 is 1.54 bits per heavy atom. The number of hydrogen-bond donors (Lipinski definition) is 3. The summed E-state index contributed by atoms with van der Waals surface area (Å²) in [6, 6.07) is -0.862. The van der Waals surface area contributed by atoms with E-state index in [1.807, 2.05) is 0 Å². The van der Waals surface area contributed by atoms with Gasteiger partial charge in [0.1, 0.15) is 25.4 Å². The Labute approximate surface area is 371 Å². The predicted octanol–water partition coefficient (Wildman–Crippen LogP) is 9.50. The number of phosphoric ester groups is 1. The molecule has 4 unspecified atom stereocenters. The third-order valence-electron chi connectivity index (χ3n) is 10.7. The summed E-state index contributed by atoms with van der Waals surface area (Å²) in [6.45, 7) is 2.93. The zero-order chi connectivity index (χ0) is 45.1. The highest BCUT2D eigenvalue weighted by atomic mass is 31.2. The molecule has 0 radical (unpaired) electrons. The molecular weight excluding hydrogens is 799 g/mol. The van der Waals surface area contributed by atoms with Crippen LogP contribution in [0.25, 0.3) is 0 Å². The van der Waals surface area contributed by atoms with Gasteiger partial charge >= 0.3 is 17.9 Å². The molecule has 6 N–H and O–H groups in total. The first-order valence-electron chi connectivity index (χ1n) is 24.5. The monoisotopic (exact) mass is 891 g/mol. The third kappa shape index (κ3) is 41.9. The molecule has 61 heavy (non-hydrogen) atoms. The molecule has 0 aromatic carbocycles. The summed E-state index contributed by atoms with van der Waals surface area (Å²) >= 11 is 0. The van der Waals surface area contributed by atoms with Gasteiger partial charge in [0.25, 0.3) is 7.82 Å². The van der Waals surface area contributed by atoms with E-state index in [9.17, 15) is 28.9 Å². The Morgan fingerprint density at radius 2 is 1.03 bits per heavy atom. The topological polar surface area (TPSA) is 211 Å². The standard InChI is InChI=1S/C47H91N2O11P/c1-3-5-7-9-11-13-15-17-19-21-22-24-26-28-30-35-45(51)56-40-43(60-46(52)36-31-29-27-25-23-20-18-16-14-12-10-8-6-4-2)41-59-61(54,55)58-39-42(50)38-57-47(53)44(49)34-32-33-37-48/h13,15,42-44,50H,3-12,14,16-41,48-49H2,1-2H3,(H,54,55)/b15-13-. The lowest BCUT2D eigenvalue weighted by molar-refractivity contribution is -0.368. The zero-order valence-electron chi connectivity index (χ0n) is 38.8. The molecule has 14 heteroatoms. The van der Waals surface area contributed by atoms with Crippen molar-refractivity contribution in [1.29, 1.82) is 0 Å². The number of allylic oxidation sites excluding steroid dienone is 2. The van der Waals surface area contributed by atoms with E-state index in [2.05, 4.69) is 31.7 Å². The Bertz CT molecular complexity index is 1110. The zero-order valence-corrected chi connectivity index (χ0v) is 39.7. The molecule has 0 saturated carbocycles. The quantitative estimate of drug-likeness (QED) is 0.0172. The van der Waals surface area contributed by atoms with Gasteiger partial charge in [-0.05, 0) is 57.8 Å². The largest absolute Gasteiger partial charge is 0.756 e. The van der Waals surface area contributed by atoms with Gasteiger partial charge in [0.05, 0.1) is 19.8 Å². The number of aliphatic hydroxyl groups is 1. The maximum absolute atomic E-state index is 12.7. The van der Waals surface area contributed by atoms with E-state index < -0.39 is 63.8 Å². The van der Waals surface area contributed by atoms with E-state index in [4.69, 9.17) is 29.0 Å². The van der Waals surface area contributed by atoms with Gasteiger partial charge in [-0.3, -0.25) is 18.9 Å². The van der Waals surface area contributed by atoms with Crippen LogP contribution in [-0.4, -0.2) is 74.2 Å². The fourth-order valence-corrected chi connectivity index (χ4v) is 7.58. The number of carbonyl (C=O) groups excluding carboxylic acids is 3. The SMILES string of the molecule is CCCCCC/C=C\CCCCCCCCCC(=O)OCC(COP(=O)([O-])OCC(O)COC(=O)C(N)CCCC[NH3+])OC(=O)CCCCCCCCCCCCCCCC. The van der Waals surface area contributed by atoms with E-state index in [0.717, 1.165) is 57.9 Å². The van der Waals surface area contributed by atoms with E-state index in [-0.39, 0.29) is 19.4 Å². The highest BCUT2D eigenvalue weighted by Crippen LogP contribution is 2.38. The number of carbonyl (C=O) groups is 3. The van der Waals surface area contributed by atoms with Gasteiger partial charge in [-0.2, -0.15) is 0 Å².